The Hall–Kier alpha value is -2.22. The van der Waals surface area contributed by atoms with Crippen molar-refractivity contribution in [2.24, 2.45) is 5.92 Å². The van der Waals surface area contributed by atoms with Crippen LogP contribution in [0.25, 0.3) is 16.6 Å². The van der Waals surface area contributed by atoms with E-state index in [1.807, 2.05) is 37.3 Å². The van der Waals surface area contributed by atoms with Crippen LogP contribution in [0.15, 0.2) is 36.5 Å². The Balaban J connectivity index is 0.00000140. The van der Waals surface area contributed by atoms with Gasteiger partial charge >= 0.3 is 0 Å². The van der Waals surface area contributed by atoms with Crippen LogP contribution in [-0.2, 0) is 0 Å². The van der Waals surface area contributed by atoms with Crippen LogP contribution in [0.1, 0.15) is 29.5 Å². The van der Waals surface area contributed by atoms with Crippen molar-refractivity contribution in [3.8, 4) is 5.69 Å². The van der Waals surface area contributed by atoms with Crippen LogP contribution < -0.4 is 10.6 Å². The number of hydrogen-bond acceptors (Lipinski definition) is 5. The number of rotatable bonds is 3. The molecule has 0 spiro atoms. The predicted octanol–water partition coefficient (Wildman–Crippen LogP) is 2.70. The van der Waals surface area contributed by atoms with Crippen molar-refractivity contribution in [3.05, 3.63) is 47.9 Å². The molecular weight excluding hydrogens is 399 g/mol. The highest BCUT2D eigenvalue weighted by Crippen LogP contribution is 2.19. The Morgan fingerprint density at radius 2 is 2.11 bits per heavy atom. The van der Waals surface area contributed by atoms with Gasteiger partial charge in [-0.2, -0.15) is 0 Å². The molecule has 28 heavy (non-hydrogen) atoms. The highest BCUT2D eigenvalue weighted by atomic mass is 35.5. The molecule has 0 radical (unpaired) electrons. The van der Waals surface area contributed by atoms with E-state index in [2.05, 4.69) is 32.9 Å². The summed E-state index contributed by atoms with van der Waals surface area (Å²) in [6.45, 7) is 5.85. The second kappa shape index (κ2) is 9.32. The second-order valence-electron chi connectivity index (χ2n) is 6.87. The zero-order chi connectivity index (χ0) is 18.1. The van der Waals surface area contributed by atoms with Gasteiger partial charge in [0.05, 0.1) is 16.9 Å². The Morgan fingerprint density at radius 3 is 2.89 bits per heavy atom. The summed E-state index contributed by atoms with van der Waals surface area (Å²) in [7, 11) is 0. The first-order valence-electron chi connectivity index (χ1n) is 8.92. The van der Waals surface area contributed by atoms with Gasteiger partial charge in [0.25, 0.3) is 5.91 Å². The minimum atomic E-state index is -0.157. The van der Waals surface area contributed by atoms with Gasteiger partial charge in [-0.3, -0.25) is 9.78 Å². The lowest BCUT2D eigenvalue weighted by Crippen LogP contribution is -2.48. The molecule has 3 aromatic rings. The maximum absolute atomic E-state index is 12.7. The Morgan fingerprint density at radius 1 is 1.29 bits per heavy atom. The van der Waals surface area contributed by atoms with Crippen LogP contribution in [0.2, 0.25) is 0 Å². The van der Waals surface area contributed by atoms with E-state index in [1.54, 1.807) is 10.9 Å². The summed E-state index contributed by atoms with van der Waals surface area (Å²) < 4.78 is 1.70. The quantitative estimate of drug-likeness (QED) is 0.677. The minimum Gasteiger partial charge on any atom is -0.347 e. The lowest BCUT2D eigenvalue weighted by atomic mass is 9.95. The number of nitrogens with one attached hydrogen (secondary N) is 2. The maximum atomic E-state index is 12.7. The van der Waals surface area contributed by atoms with Gasteiger partial charge in [0.2, 0.25) is 0 Å². The van der Waals surface area contributed by atoms with Crippen molar-refractivity contribution in [1.29, 1.82) is 0 Å². The third-order valence-corrected chi connectivity index (χ3v) is 5.04. The molecule has 0 saturated carbocycles. The SMILES string of the molecule is Cc1c(C(=O)NC2CCNCC2C)nnn1-c1ccc2ncccc2c1.Cl.Cl. The molecule has 1 aliphatic heterocycles. The maximum Gasteiger partial charge on any atom is 0.273 e. The first-order valence-corrected chi connectivity index (χ1v) is 8.92. The van der Waals surface area contributed by atoms with E-state index in [9.17, 15) is 4.79 Å². The summed E-state index contributed by atoms with van der Waals surface area (Å²) in [6, 6.07) is 9.96. The number of fused-ring (bicyclic) bond motifs is 1. The molecule has 1 aromatic carbocycles. The van der Waals surface area contributed by atoms with Crippen LogP contribution in [0, 0.1) is 12.8 Å². The van der Waals surface area contributed by atoms with Gasteiger partial charge in [0.15, 0.2) is 5.69 Å². The average Bonchev–Trinajstić information content (AvgIpc) is 3.05. The number of benzene rings is 1. The van der Waals surface area contributed by atoms with Crippen molar-refractivity contribution < 1.29 is 4.79 Å². The summed E-state index contributed by atoms with van der Waals surface area (Å²) >= 11 is 0. The lowest BCUT2D eigenvalue weighted by molar-refractivity contribution is 0.0908. The standard InChI is InChI=1S/C19H22N6O.2ClH/c1-12-11-20-9-7-16(12)22-19(26)18-13(2)25(24-23-18)15-5-6-17-14(10-15)4-3-8-21-17;;/h3-6,8,10,12,16,20H,7,9,11H2,1-2H3,(H,22,26);2*1H. The van der Waals surface area contributed by atoms with Gasteiger partial charge < -0.3 is 10.6 Å². The van der Waals surface area contributed by atoms with E-state index in [4.69, 9.17) is 0 Å². The highest BCUT2D eigenvalue weighted by Gasteiger charge is 2.25. The third-order valence-electron chi connectivity index (χ3n) is 5.04. The van der Waals surface area contributed by atoms with Crippen LogP contribution in [0.5, 0.6) is 0 Å². The summed E-state index contributed by atoms with van der Waals surface area (Å²) in [4.78, 5) is 17.0. The number of aromatic nitrogens is 4. The largest absolute Gasteiger partial charge is 0.347 e. The van der Waals surface area contributed by atoms with E-state index in [0.717, 1.165) is 41.8 Å². The third kappa shape index (κ3) is 4.27. The van der Waals surface area contributed by atoms with Gasteiger partial charge in [0, 0.05) is 17.6 Å². The Kier molecular flexibility index (Phi) is 7.35. The molecule has 0 aliphatic carbocycles. The van der Waals surface area contributed by atoms with E-state index < -0.39 is 0 Å². The molecular formula is C19H24Cl2N6O. The summed E-state index contributed by atoms with van der Waals surface area (Å²) in [5.41, 5.74) is 2.89. The number of halogens is 2. The average molecular weight is 423 g/mol. The number of nitrogens with zero attached hydrogens (tertiary/aromatic N) is 4. The molecule has 150 valence electrons. The zero-order valence-corrected chi connectivity index (χ0v) is 17.4. The molecule has 2 aromatic heterocycles. The van der Waals surface area contributed by atoms with Gasteiger partial charge in [-0.15, -0.1) is 29.9 Å². The Bertz CT molecular complexity index is 961. The Labute approximate surface area is 176 Å². The lowest BCUT2D eigenvalue weighted by Gasteiger charge is -2.29. The normalized spacial score (nSPS) is 18.8. The van der Waals surface area contributed by atoms with E-state index in [0.29, 0.717) is 11.6 Å². The predicted molar refractivity (Wildman–Crippen MR) is 114 cm³/mol. The summed E-state index contributed by atoms with van der Waals surface area (Å²) in [5.74, 6) is 0.242. The van der Waals surface area contributed by atoms with Gasteiger partial charge in [0.1, 0.15) is 0 Å². The van der Waals surface area contributed by atoms with Crippen molar-refractivity contribution in [2.45, 2.75) is 26.3 Å². The molecule has 7 nitrogen and oxygen atoms in total. The molecule has 1 aliphatic rings. The van der Waals surface area contributed by atoms with Crippen molar-refractivity contribution >= 4 is 41.6 Å². The van der Waals surface area contributed by atoms with E-state index in [1.165, 1.54) is 0 Å². The fraction of sp³-hybridized carbons (Fsp3) is 0.368. The highest BCUT2D eigenvalue weighted by molar-refractivity contribution is 5.93. The van der Waals surface area contributed by atoms with Gasteiger partial charge in [-0.25, -0.2) is 4.68 Å². The van der Waals surface area contributed by atoms with E-state index >= 15 is 0 Å². The molecule has 2 N–H and O–H groups in total. The number of piperidine rings is 1. The van der Waals surface area contributed by atoms with Gasteiger partial charge in [-0.1, -0.05) is 18.2 Å². The van der Waals surface area contributed by atoms with Crippen LogP contribution >= 0.6 is 24.8 Å². The van der Waals surface area contributed by atoms with Crippen molar-refractivity contribution in [2.75, 3.05) is 13.1 Å². The first kappa shape index (κ1) is 22.1. The minimum absolute atomic E-state index is 0. The van der Waals surface area contributed by atoms with Gasteiger partial charge in [-0.05, 0) is 56.6 Å². The second-order valence-corrected chi connectivity index (χ2v) is 6.87. The molecule has 2 unspecified atom stereocenters. The number of hydrogen-bond donors (Lipinski definition) is 2. The van der Waals surface area contributed by atoms with Crippen LogP contribution in [0.4, 0.5) is 0 Å². The first-order chi connectivity index (χ1) is 12.6. The zero-order valence-electron chi connectivity index (χ0n) is 15.8. The van der Waals surface area contributed by atoms with Crippen molar-refractivity contribution in [3.63, 3.8) is 0 Å². The molecule has 0 bridgehead atoms. The molecule has 2 atom stereocenters. The number of amides is 1. The summed E-state index contributed by atoms with van der Waals surface area (Å²) in [5, 5.41) is 15.8. The summed E-state index contributed by atoms with van der Waals surface area (Å²) in [6.07, 6.45) is 2.70. The fourth-order valence-electron chi connectivity index (χ4n) is 3.44. The molecule has 9 heteroatoms. The molecule has 3 heterocycles. The molecule has 1 fully saturated rings. The van der Waals surface area contributed by atoms with Crippen LogP contribution in [0.3, 0.4) is 0 Å². The number of carbonyl (C=O) groups is 1. The molecule has 1 amide bonds. The monoisotopic (exact) mass is 422 g/mol. The van der Waals surface area contributed by atoms with E-state index in [-0.39, 0.29) is 36.8 Å². The smallest absolute Gasteiger partial charge is 0.273 e. The topological polar surface area (TPSA) is 84.7 Å². The van der Waals surface area contributed by atoms with Crippen molar-refractivity contribution in [1.82, 2.24) is 30.6 Å². The number of pyridine rings is 1. The molecule has 1 saturated heterocycles. The van der Waals surface area contributed by atoms with Crippen LogP contribution in [-0.4, -0.2) is 45.0 Å². The number of carbonyl (C=O) groups excluding carboxylic acids is 1. The fourth-order valence-corrected chi connectivity index (χ4v) is 3.44. The molecule has 4 rings (SSSR count).